The van der Waals surface area contributed by atoms with E-state index in [-0.39, 0.29) is 0 Å². The first-order valence-electron chi connectivity index (χ1n) is 7.43. The van der Waals surface area contributed by atoms with Gasteiger partial charge >= 0.3 is 0 Å². The summed E-state index contributed by atoms with van der Waals surface area (Å²) in [5, 5.41) is 0. The third kappa shape index (κ3) is 3.85. The molecule has 0 amide bonds. The molecule has 0 aromatic heterocycles. The van der Waals surface area contributed by atoms with Crippen molar-refractivity contribution in [3.63, 3.8) is 0 Å². The van der Waals surface area contributed by atoms with Crippen molar-refractivity contribution < 1.29 is 0 Å². The van der Waals surface area contributed by atoms with E-state index in [1.54, 1.807) is 5.70 Å². The molecule has 0 unspecified atom stereocenters. The Morgan fingerprint density at radius 1 is 1.28 bits per heavy atom. The predicted octanol–water partition coefficient (Wildman–Crippen LogP) is 4.43. The SMILES string of the molecule is CC[Si](CC)N(C1=CC=CC1)C(C)(C)C[SiH](C)C. The summed E-state index contributed by atoms with van der Waals surface area (Å²) in [6.07, 6.45) is 8.03. The lowest BCUT2D eigenvalue weighted by atomic mass is 10.1. The maximum absolute atomic E-state index is 2.84. The molecule has 0 spiro atoms. The fraction of sp³-hybridized carbons (Fsp3) is 0.733. The molecule has 0 aromatic rings. The Morgan fingerprint density at radius 2 is 1.89 bits per heavy atom. The summed E-state index contributed by atoms with van der Waals surface area (Å²) < 4.78 is 2.84. The molecular formula is C15H30NSi2. The highest BCUT2D eigenvalue weighted by Crippen LogP contribution is 2.32. The van der Waals surface area contributed by atoms with Crippen LogP contribution in [0.3, 0.4) is 0 Å². The Labute approximate surface area is 117 Å². The minimum absolute atomic E-state index is 0.360. The molecule has 0 aromatic carbocycles. The second-order valence-electron chi connectivity index (χ2n) is 6.31. The van der Waals surface area contributed by atoms with Crippen molar-refractivity contribution in [2.45, 2.75) is 70.9 Å². The van der Waals surface area contributed by atoms with Crippen LogP contribution < -0.4 is 0 Å². The normalized spacial score (nSPS) is 15.7. The first kappa shape index (κ1) is 15.8. The molecule has 0 saturated heterocycles. The van der Waals surface area contributed by atoms with E-state index in [1.165, 1.54) is 18.1 Å². The lowest BCUT2D eigenvalue weighted by Gasteiger charge is -2.46. The summed E-state index contributed by atoms with van der Waals surface area (Å²) in [6, 6.07) is 4.11. The zero-order valence-corrected chi connectivity index (χ0v) is 15.2. The molecule has 1 nitrogen and oxygen atoms in total. The zero-order valence-electron chi connectivity index (χ0n) is 13.1. The molecule has 0 aliphatic heterocycles. The van der Waals surface area contributed by atoms with E-state index in [1.807, 2.05) is 0 Å². The second kappa shape index (κ2) is 6.76. The van der Waals surface area contributed by atoms with Gasteiger partial charge < -0.3 is 4.57 Å². The van der Waals surface area contributed by atoms with Crippen LogP contribution in [-0.4, -0.2) is 27.9 Å². The number of nitrogens with zero attached hydrogens (tertiary/aromatic N) is 1. The van der Waals surface area contributed by atoms with Crippen molar-refractivity contribution in [1.82, 2.24) is 4.57 Å². The third-order valence-electron chi connectivity index (χ3n) is 3.68. The fourth-order valence-corrected chi connectivity index (χ4v) is 8.29. The summed E-state index contributed by atoms with van der Waals surface area (Å²) in [7, 11) is -0.930. The summed E-state index contributed by atoms with van der Waals surface area (Å²) >= 11 is 0. The average Bonchev–Trinajstić information content (AvgIpc) is 2.76. The van der Waals surface area contributed by atoms with Crippen LogP contribution in [0, 0.1) is 0 Å². The van der Waals surface area contributed by atoms with Gasteiger partial charge in [0.25, 0.3) is 0 Å². The molecule has 0 atom stereocenters. The highest BCUT2D eigenvalue weighted by molar-refractivity contribution is 6.58. The van der Waals surface area contributed by atoms with Crippen molar-refractivity contribution in [2.75, 3.05) is 0 Å². The molecule has 18 heavy (non-hydrogen) atoms. The van der Waals surface area contributed by atoms with Gasteiger partial charge in [-0.15, -0.1) is 0 Å². The highest BCUT2D eigenvalue weighted by Gasteiger charge is 2.34. The second-order valence-corrected chi connectivity index (χ2v) is 12.5. The van der Waals surface area contributed by atoms with Gasteiger partial charge in [0.05, 0.1) is 0 Å². The molecule has 0 N–H and O–H groups in total. The van der Waals surface area contributed by atoms with E-state index >= 15 is 0 Å². The molecule has 103 valence electrons. The van der Waals surface area contributed by atoms with Gasteiger partial charge in [-0.1, -0.05) is 39.1 Å². The highest BCUT2D eigenvalue weighted by atomic mass is 28.3. The standard InChI is InChI=1S/C15H30NSi2/c1-7-18(8-2)16(14-11-9-10-12-14)15(3,4)13-17(5)6/h9-11,17H,7-8,12-13H2,1-6H3. The predicted molar refractivity (Wildman–Crippen MR) is 88.2 cm³/mol. The van der Waals surface area contributed by atoms with Crippen LogP contribution >= 0.6 is 0 Å². The van der Waals surface area contributed by atoms with E-state index in [9.17, 15) is 0 Å². The Kier molecular flexibility index (Phi) is 5.92. The van der Waals surface area contributed by atoms with Gasteiger partial charge in [-0.3, -0.25) is 0 Å². The lowest BCUT2D eigenvalue weighted by Crippen LogP contribution is -2.52. The van der Waals surface area contributed by atoms with E-state index in [4.69, 9.17) is 0 Å². The largest absolute Gasteiger partial charge is 0.396 e. The van der Waals surface area contributed by atoms with Gasteiger partial charge in [0.15, 0.2) is 8.96 Å². The molecule has 3 heteroatoms. The minimum atomic E-state index is -0.531. The summed E-state index contributed by atoms with van der Waals surface area (Å²) in [6.45, 7) is 14.6. The first-order chi connectivity index (χ1) is 8.42. The molecule has 0 heterocycles. The van der Waals surface area contributed by atoms with Crippen LogP contribution in [0.1, 0.15) is 34.1 Å². The molecule has 0 fully saturated rings. The van der Waals surface area contributed by atoms with Crippen LogP contribution in [-0.2, 0) is 0 Å². The average molecular weight is 281 g/mol. The zero-order chi connectivity index (χ0) is 13.8. The van der Waals surface area contributed by atoms with Gasteiger partial charge in [-0.05, 0) is 38.1 Å². The van der Waals surface area contributed by atoms with Gasteiger partial charge in [-0.2, -0.15) is 0 Å². The monoisotopic (exact) mass is 280 g/mol. The molecule has 0 saturated carbocycles. The Morgan fingerprint density at radius 3 is 2.28 bits per heavy atom. The van der Waals surface area contributed by atoms with Crippen LogP contribution in [0.25, 0.3) is 0 Å². The number of allylic oxidation sites excluding steroid dienone is 3. The summed E-state index contributed by atoms with van der Waals surface area (Å²) in [4.78, 5) is 0. The maximum atomic E-state index is 2.84. The van der Waals surface area contributed by atoms with Crippen molar-refractivity contribution in [1.29, 1.82) is 0 Å². The van der Waals surface area contributed by atoms with Crippen molar-refractivity contribution in [3.8, 4) is 0 Å². The van der Waals surface area contributed by atoms with Gasteiger partial charge in [0, 0.05) is 26.5 Å². The molecule has 1 aliphatic rings. The molecule has 0 bridgehead atoms. The van der Waals surface area contributed by atoms with Gasteiger partial charge in [-0.25, -0.2) is 0 Å². The number of rotatable bonds is 7. The molecule has 1 radical (unpaired) electrons. The van der Waals surface area contributed by atoms with Crippen molar-refractivity contribution >= 4 is 17.8 Å². The minimum Gasteiger partial charge on any atom is -0.396 e. The smallest absolute Gasteiger partial charge is 0.169 e. The first-order valence-corrected chi connectivity index (χ1v) is 12.4. The topological polar surface area (TPSA) is 3.24 Å². The molecule has 1 aliphatic carbocycles. The van der Waals surface area contributed by atoms with E-state index in [2.05, 4.69) is 63.6 Å². The lowest BCUT2D eigenvalue weighted by molar-refractivity contribution is 0.293. The Bertz CT molecular complexity index is 314. The fourth-order valence-electron chi connectivity index (χ4n) is 3.28. The molecular weight excluding hydrogens is 250 g/mol. The Hall–Kier alpha value is -0.286. The van der Waals surface area contributed by atoms with Gasteiger partial charge in [0.1, 0.15) is 0 Å². The van der Waals surface area contributed by atoms with E-state index < -0.39 is 17.8 Å². The maximum Gasteiger partial charge on any atom is 0.169 e. The number of hydrogen-bond acceptors (Lipinski definition) is 1. The quantitative estimate of drug-likeness (QED) is 0.624. The Balaban J connectivity index is 2.95. The third-order valence-corrected chi connectivity index (χ3v) is 8.66. The summed E-state index contributed by atoms with van der Waals surface area (Å²) in [5.41, 5.74) is 1.94. The van der Waals surface area contributed by atoms with Crippen molar-refractivity contribution in [2.24, 2.45) is 0 Å². The van der Waals surface area contributed by atoms with Crippen LogP contribution in [0.2, 0.25) is 31.2 Å². The van der Waals surface area contributed by atoms with Crippen LogP contribution in [0.4, 0.5) is 0 Å². The van der Waals surface area contributed by atoms with E-state index in [0.717, 1.165) is 6.42 Å². The van der Waals surface area contributed by atoms with Crippen LogP contribution in [0.5, 0.6) is 0 Å². The van der Waals surface area contributed by atoms with Crippen LogP contribution in [0.15, 0.2) is 23.9 Å². The van der Waals surface area contributed by atoms with Gasteiger partial charge in [0.2, 0.25) is 0 Å². The summed E-state index contributed by atoms with van der Waals surface area (Å²) in [5.74, 6) is 0. The van der Waals surface area contributed by atoms with Crippen molar-refractivity contribution in [3.05, 3.63) is 23.9 Å². The van der Waals surface area contributed by atoms with E-state index in [0.29, 0.717) is 5.54 Å². The molecule has 1 rings (SSSR count). The number of hydrogen-bond donors (Lipinski definition) is 0.